The molecule has 2 heterocycles. The molecular weight excluding hydrogens is 643 g/mol. The van der Waals surface area contributed by atoms with Gasteiger partial charge in [-0.2, -0.15) is 0 Å². The van der Waals surface area contributed by atoms with Gasteiger partial charge in [0.2, 0.25) is 11.1 Å². The Morgan fingerprint density at radius 2 is 1.04 bits per heavy atom. The number of ether oxygens (including phenoxy) is 2. The van der Waals surface area contributed by atoms with Gasteiger partial charge in [-0.05, 0) is 72.8 Å². The molecule has 6 rings (SSSR count). The lowest BCUT2D eigenvalue weighted by Crippen LogP contribution is -2.21. The van der Waals surface area contributed by atoms with E-state index in [1.54, 1.807) is 97.1 Å². The number of carbonyl (C=O) groups excluding carboxylic acids is 2. The van der Waals surface area contributed by atoms with Crippen molar-refractivity contribution in [2.45, 2.75) is 6.42 Å². The summed E-state index contributed by atoms with van der Waals surface area (Å²) in [7, 11) is 0. The minimum absolute atomic E-state index is 0.0482. The molecule has 0 spiro atoms. The summed E-state index contributed by atoms with van der Waals surface area (Å²) in [5.74, 6) is -0.182. The number of nitrogens with one attached hydrogen (secondary N) is 4. The molecule has 0 unspecified atom stereocenters. The maximum absolute atomic E-state index is 13.1. The van der Waals surface area contributed by atoms with Crippen LogP contribution in [0.5, 0.6) is 11.5 Å². The van der Waals surface area contributed by atoms with Crippen LogP contribution in [0.4, 0.5) is 11.4 Å². The molecule has 4 N–H and O–H groups in total. The molecule has 0 saturated carbocycles. The van der Waals surface area contributed by atoms with Crippen LogP contribution in [0.2, 0.25) is 10.0 Å². The van der Waals surface area contributed by atoms with Crippen LogP contribution in [-0.2, 0) is 0 Å². The summed E-state index contributed by atoms with van der Waals surface area (Å²) in [6.45, 7) is 0.524. The third-order valence-corrected chi connectivity index (χ3v) is 7.49. The molecule has 0 saturated heterocycles. The van der Waals surface area contributed by atoms with Crippen molar-refractivity contribution in [1.82, 2.24) is 0 Å². The second-order valence-electron chi connectivity index (χ2n) is 10.3. The van der Waals surface area contributed by atoms with E-state index in [9.17, 15) is 9.59 Å². The zero-order valence-corrected chi connectivity index (χ0v) is 26.1. The highest BCUT2D eigenvalue weighted by Crippen LogP contribution is 2.27. The van der Waals surface area contributed by atoms with E-state index < -0.39 is 11.8 Å². The average Bonchev–Trinajstić information content (AvgIpc) is 3.05. The molecule has 0 atom stereocenters. The van der Waals surface area contributed by atoms with E-state index in [0.29, 0.717) is 61.3 Å². The lowest BCUT2D eigenvalue weighted by molar-refractivity contribution is 0.101. The van der Waals surface area contributed by atoms with Crippen LogP contribution in [0.15, 0.2) is 106 Å². The summed E-state index contributed by atoms with van der Waals surface area (Å²) in [5, 5.41) is 24.1. The number of fused-ring (bicyclic) bond motifs is 2. The molecule has 4 aromatic carbocycles. The first kappa shape index (κ1) is 31.4. The SMILES string of the molecule is N=c1oc2ccc(Cl)cc2cc1C(=O)Nc1ccccc1OCCCOc1ccccc1NC(=O)c1cc2cc(Cl)ccc2oc1=N. The second-order valence-corrected chi connectivity index (χ2v) is 11.2. The normalized spacial score (nSPS) is 10.9. The minimum Gasteiger partial charge on any atom is -0.491 e. The predicted molar refractivity (Wildman–Crippen MR) is 179 cm³/mol. The van der Waals surface area contributed by atoms with Gasteiger partial charge in [0.05, 0.1) is 24.6 Å². The van der Waals surface area contributed by atoms with E-state index in [1.807, 2.05) is 0 Å². The molecule has 0 aliphatic carbocycles. The first-order chi connectivity index (χ1) is 22.7. The first-order valence-electron chi connectivity index (χ1n) is 14.4. The molecule has 0 bridgehead atoms. The van der Waals surface area contributed by atoms with Crippen molar-refractivity contribution in [3.05, 3.63) is 129 Å². The highest BCUT2D eigenvalue weighted by Gasteiger charge is 2.16. The summed E-state index contributed by atoms with van der Waals surface area (Å²) < 4.78 is 22.9. The molecular formula is C35H26Cl2N4O6. The van der Waals surface area contributed by atoms with Gasteiger partial charge in [-0.1, -0.05) is 47.5 Å². The van der Waals surface area contributed by atoms with Crippen molar-refractivity contribution >= 4 is 68.3 Å². The Labute approximate surface area is 277 Å². The van der Waals surface area contributed by atoms with E-state index in [1.165, 1.54) is 0 Å². The van der Waals surface area contributed by atoms with Crippen molar-refractivity contribution in [2.75, 3.05) is 23.8 Å². The first-order valence-corrected chi connectivity index (χ1v) is 15.1. The second kappa shape index (κ2) is 13.8. The number of anilines is 2. The highest BCUT2D eigenvalue weighted by molar-refractivity contribution is 6.31. The van der Waals surface area contributed by atoms with Crippen LogP contribution in [0, 0.1) is 10.8 Å². The monoisotopic (exact) mass is 668 g/mol. The molecule has 2 amide bonds. The number of benzene rings is 4. The average molecular weight is 670 g/mol. The zero-order valence-electron chi connectivity index (χ0n) is 24.6. The summed E-state index contributed by atoms with van der Waals surface area (Å²) >= 11 is 12.2. The Balaban J connectivity index is 1.06. The van der Waals surface area contributed by atoms with Gasteiger partial charge >= 0.3 is 0 Å². The molecule has 12 heteroatoms. The van der Waals surface area contributed by atoms with Crippen molar-refractivity contribution in [3.63, 3.8) is 0 Å². The number of halogens is 2. The van der Waals surface area contributed by atoms with Gasteiger partial charge in [0.15, 0.2) is 0 Å². The molecule has 47 heavy (non-hydrogen) atoms. The number of para-hydroxylation sites is 4. The van der Waals surface area contributed by atoms with Crippen LogP contribution < -0.4 is 31.2 Å². The Morgan fingerprint density at radius 1 is 0.617 bits per heavy atom. The Morgan fingerprint density at radius 3 is 1.49 bits per heavy atom. The third kappa shape index (κ3) is 7.30. The van der Waals surface area contributed by atoms with Crippen molar-refractivity contribution in [3.8, 4) is 11.5 Å². The smallest absolute Gasteiger partial charge is 0.261 e. The number of rotatable bonds is 10. The molecule has 0 radical (unpaired) electrons. The van der Waals surface area contributed by atoms with Crippen LogP contribution in [0.1, 0.15) is 27.1 Å². The van der Waals surface area contributed by atoms with Crippen molar-refractivity contribution in [1.29, 1.82) is 10.8 Å². The van der Waals surface area contributed by atoms with Gasteiger partial charge in [-0.15, -0.1) is 0 Å². The van der Waals surface area contributed by atoms with Crippen LogP contribution in [-0.4, -0.2) is 25.0 Å². The van der Waals surface area contributed by atoms with E-state index in [4.69, 9.17) is 52.3 Å². The van der Waals surface area contributed by atoms with Crippen LogP contribution >= 0.6 is 23.2 Å². The largest absolute Gasteiger partial charge is 0.491 e. The Hall–Kier alpha value is -5.58. The Bertz CT molecular complexity index is 2110. The number of amides is 2. The molecule has 236 valence electrons. The summed E-state index contributed by atoms with van der Waals surface area (Å²) in [4.78, 5) is 26.2. The van der Waals surface area contributed by atoms with Gasteiger partial charge < -0.3 is 28.9 Å². The number of carbonyl (C=O) groups is 2. The Kier molecular flexibility index (Phi) is 9.23. The van der Waals surface area contributed by atoms with Crippen molar-refractivity contribution < 1.29 is 27.9 Å². The summed E-state index contributed by atoms with van der Waals surface area (Å²) in [5.41, 5.74) is 1.28. The van der Waals surface area contributed by atoms with Gasteiger partial charge in [0, 0.05) is 27.2 Å². The van der Waals surface area contributed by atoms with E-state index in [-0.39, 0.29) is 35.4 Å². The fourth-order valence-corrected chi connectivity index (χ4v) is 5.11. The topological polar surface area (TPSA) is 151 Å². The van der Waals surface area contributed by atoms with Crippen LogP contribution in [0.3, 0.4) is 0 Å². The third-order valence-electron chi connectivity index (χ3n) is 7.02. The van der Waals surface area contributed by atoms with E-state index >= 15 is 0 Å². The maximum Gasteiger partial charge on any atom is 0.261 e. The van der Waals surface area contributed by atoms with Gasteiger partial charge in [-0.25, -0.2) is 0 Å². The lowest BCUT2D eigenvalue weighted by atomic mass is 10.1. The molecule has 10 nitrogen and oxygen atoms in total. The molecule has 0 fully saturated rings. The fraction of sp³-hybridized carbons (Fsp3) is 0.0857. The quantitative estimate of drug-likeness (QED) is 0.109. The summed E-state index contributed by atoms with van der Waals surface area (Å²) in [6.07, 6.45) is 0.479. The van der Waals surface area contributed by atoms with Crippen LogP contribution in [0.25, 0.3) is 21.9 Å². The number of hydrogen-bond donors (Lipinski definition) is 4. The predicted octanol–water partition coefficient (Wildman–Crippen LogP) is 7.80. The molecule has 2 aromatic heterocycles. The minimum atomic E-state index is -0.530. The summed E-state index contributed by atoms with van der Waals surface area (Å²) in [6, 6.07) is 26.9. The fourth-order valence-electron chi connectivity index (χ4n) is 4.75. The highest BCUT2D eigenvalue weighted by atomic mass is 35.5. The maximum atomic E-state index is 13.1. The van der Waals surface area contributed by atoms with Gasteiger partial charge in [0.25, 0.3) is 11.8 Å². The zero-order chi connectivity index (χ0) is 32.9. The number of hydrogen-bond acceptors (Lipinski definition) is 8. The van der Waals surface area contributed by atoms with Gasteiger partial charge in [0.1, 0.15) is 33.8 Å². The standard InChI is InChI=1S/C35H26Cl2N4O6/c36-22-10-12-28-20(16-22)18-24(32(38)46-28)34(42)40-26-6-1-3-8-30(26)44-14-5-15-45-31-9-4-2-7-27(31)41-35(43)25-19-21-17-23(37)11-13-29(21)47-33(25)39/h1-4,6-13,16-19,38-39H,5,14-15H2,(H,40,42)(H,41,43). The van der Waals surface area contributed by atoms with Gasteiger partial charge in [-0.3, -0.25) is 20.4 Å². The molecule has 6 aromatic rings. The molecule has 0 aliphatic heterocycles. The molecule has 0 aliphatic rings. The van der Waals surface area contributed by atoms with E-state index in [2.05, 4.69) is 10.6 Å². The lowest BCUT2D eigenvalue weighted by Gasteiger charge is -2.14. The van der Waals surface area contributed by atoms with E-state index in [0.717, 1.165) is 0 Å². The van der Waals surface area contributed by atoms with Crippen molar-refractivity contribution in [2.24, 2.45) is 0 Å².